The zero-order chi connectivity index (χ0) is 15.6. The maximum absolute atomic E-state index is 9.42. The molecule has 0 amide bonds. The van der Waals surface area contributed by atoms with Crippen molar-refractivity contribution in [3.8, 4) is 0 Å². The van der Waals surface area contributed by atoms with Crippen LogP contribution in [0.5, 0.6) is 0 Å². The van der Waals surface area contributed by atoms with Gasteiger partial charge in [-0.05, 0) is 57.2 Å². The minimum absolute atomic E-state index is 0.0908. The highest BCUT2D eigenvalue weighted by atomic mass is 35.5. The van der Waals surface area contributed by atoms with E-state index in [4.69, 9.17) is 11.6 Å². The molecule has 0 heterocycles. The largest absolute Gasteiger partial charge is 0.393 e. The zero-order valence-electron chi connectivity index (χ0n) is 13.5. The smallest absolute Gasteiger partial charge is 0.0546 e. The molecule has 0 saturated heterocycles. The minimum atomic E-state index is -0.0928. The van der Waals surface area contributed by atoms with Gasteiger partial charge >= 0.3 is 0 Å². The number of benzene rings is 1. The lowest BCUT2D eigenvalue weighted by Crippen LogP contribution is -2.38. The summed E-state index contributed by atoms with van der Waals surface area (Å²) in [6.45, 7) is 8.31. The van der Waals surface area contributed by atoms with E-state index >= 15 is 0 Å². The monoisotopic (exact) mass is 310 g/mol. The van der Waals surface area contributed by atoms with E-state index < -0.39 is 0 Å². The molecule has 0 aromatic heterocycles. The Morgan fingerprint density at radius 2 is 2.00 bits per heavy atom. The number of rotatable bonds is 5. The van der Waals surface area contributed by atoms with Crippen molar-refractivity contribution in [1.29, 1.82) is 0 Å². The van der Waals surface area contributed by atoms with E-state index in [1.54, 1.807) is 0 Å². The van der Waals surface area contributed by atoms with E-state index in [0.29, 0.717) is 5.92 Å². The van der Waals surface area contributed by atoms with Gasteiger partial charge in [0.1, 0.15) is 0 Å². The van der Waals surface area contributed by atoms with Crippen LogP contribution in [-0.2, 0) is 6.54 Å². The number of anilines is 1. The summed E-state index contributed by atoms with van der Waals surface area (Å²) in [5.74, 6) is 0.590. The molecule has 1 aliphatic carbocycles. The molecule has 0 bridgehead atoms. The van der Waals surface area contributed by atoms with Crippen molar-refractivity contribution in [3.63, 3.8) is 0 Å². The lowest BCUT2D eigenvalue weighted by molar-refractivity contribution is 0.0464. The van der Waals surface area contributed by atoms with Gasteiger partial charge in [-0.2, -0.15) is 0 Å². The van der Waals surface area contributed by atoms with E-state index in [1.165, 1.54) is 11.3 Å². The first-order chi connectivity index (χ1) is 9.74. The Kier molecular flexibility index (Phi) is 5.18. The number of aliphatic hydroxyl groups is 1. The first-order valence-corrected chi connectivity index (χ1v) is 8.05. The predicted molar refractivity (Wildman–Crippen MR) is 90.0 cm³/mol. The molecular weight excluding hydrogens is 284 g/mol. The summed E-state index contributed by atoms with van der Waals surface area (Å²) in [5.41, 5.74) is 2.53. The molecular formula is C17H27ClN2O. The van der Waals surface area contributed by atoms with Gasteiger partial charge in [-0.15, -0.1) is 0 Å². The molecule has 1 aliphatic rings. The molecule has 0 spiro atoms. The van der Waals surface area contributed by atoms with Crippen LogP contribution in [0, 0.1) is 5.92 Å². The molecule has 1 saturated carbocycles. The second-order valence-electron chi connectivity index (χ2n) is 7.25. The molecule has 0 radical (unpaired) electrons. The maximum atomic E-state index is 9.42. The van der Waals surface area contributed by atoms with Crippen LogP contribution in [-0.4, -0.2) is 30.3 Å². The van der Waals surface area contributed by atoms with Crippen LogP contribution < -0.4 is 10.2 Å². The van der Waals surface area contributed by atoms with Crippen LogP contribution in [0.4, 0.5) is 5.69 Å². The maximum Gasteiger partial charge on any atom is 0.0546 e. The highest BCUT2D eigenvalue weighted by Gasteiger charge is 2.28. The first-order valence-electron chi connectivity index (χ1n) is 7.67. The van der Waals surface area contributed by atoms with Crippen molar-refractivity contribution >= 4 is 17.3 Å². The van der Waals surface area contributed by atoms with Crippen LogP contribution in [0.25, 0.3) is 0 Å². The van der Waals surface area contributed by atoms with Gasteiger partial charge in [0.25, 0.3) is 0 Å². The third-order valence-corrected chi connectivity index (χ3v) is 4.25. The Morgan fingerprint density at radius 1 is 1.33 bits per heavy atom. The summed E-state index contributed by atoms with van der Waals surface area (Å²) in [6.07, 6.45) is 1.74. The average Bonchev–Trinajstić information content (AvgIpc) is 2.34. The number of nitrogens with zero attached hydrogens (tertiary/aromatic N) is 1. The van der Waals surface area contributed by atoms with E-state index in [0.717, 1.165) is 31.0 Å². The Hall–Kier alpha value is -0.770. The third-order valence-electron chi connectivity index (χ3n) is 4.01. The fraction of sp³-hybridized carbons (Fsp3) is 0.647. The number of aliphatic hydroxyl groups excluding tert-OH is 1. The Balaban J connectivity index is 2.06. The van der Waals surface area contributed by atoms with Crippen molar-refractivity contribution in [1.82, 2.24) is 5.32 Å². The molecule has 21 heavy (non-hydrogen) atoms. The van der Waals surface area contributed by atoms with Gasteiger partial charge in [-0.25, -0.2) is 0 Å². The number of nitrogens with one attached hydrogen (secondary N) is 1. The molecule has 0 aliphatic heterocycles. The van der Waals surface area contributed by atoms with E-state index in [1.807, 2.05) is 12.1 Å². The average molecular weight is 311 g/mol. The molecule has 2 N–H and O–H groups in total. The van der Waals surface area contributed by atoms with Crippen molar-refractivity contribution < 1.29 is 5.11 Å². The van der Waals surface area contributed by atoms with Crippen LogP contribution in [0.2, 0.25) is 5.02 Å². The van der Waals surface area contributed by atoms with Crippen molar-refractivity contribution in [2.75, 3.05) is 18.5 Å². The fourth-order valence-electron chi connectivity index (χ4n) is 2.74. The van der Waals surface area contributed by atoms with Gasteiger partial charge < -0.3 is 15.3 Å². The lowest BCUT2D eigenvalue weighted by Gasteiger charge is -2.36. The molecule has 0 unspecified atom stereocenters. The molecule has 0 atom stereocenters. The van der Waals surface area contributed by atoms with Crippen LogP contribution >= 0.6 is 11.6 Å². The van der Waals surface area contributed by atoms with E-state index in [-0.39, 0.29) is 11.6 Å². The minimum Gasteiger partial charge on any atom is -0.393 e. The quantitative estimate of drug-likeness (QED) is 0.874. The van der Waals surface area contributed by atoms with Gasteiger partial charge in [0, 0.05) is 36.4 Å². The van der Waals surface area contributed by atoms with Crippen molar-refractivity contribution in [3.05, 3.63) is 28.8 Å². The summed E-state index contributed by atoms with van der Waals surface area (Å²) < 4.78 is 0. The predicted octanol–water partition coefficient (Wildman–Crippen LogP) is 3.44. The molecule has 118 valence electrons. The number of hydrogen-bond acceptors (Lipinski definition) is 3. The lowest BCUT2D eigenvalue weighted by atomic mass is 9.82. The van der Waals surface area contributed by atoms with Crippen molar-refractivity contribution in [2.24, 2.45) is 5.92 Å². The summed E-state index contributed by atoms with van der Waals surface area (Å²) in [5, 5.41) is 13.7. The summed E-state index contributed by atoms with van der Waals surface area (Å²) in [7, 11) is 2.11. The number of hydrogen-bond donors (Lipinski definition) is 2. The molecule has 1 aromatic carbocycles. The van der Waals surface area contributed by atoms with E-state index in [9.17, 15) is 5.11 Å². The highest BCUT2D eigenvalue weighted by Crippen LogP contribution is 2.31. The molecule has 1 fully saturated rings. The first kappa shape index (κ1) is 16.6. The second-order valence-corrected chi connectivity index (χ2v) is 7.68. The fourth-order valence-corrected chi connectivity index (χ4v) is 2.90. The van der Waals surface area contributed by atoms with Gasteiger partial charge in [0.05, 0.1) is 6.10 Å². The van der Waals surface area contributed by atoms with Crippen molar-refractivity contribution in [2.45, 2.75) is 51.8 Å². The van der Waals surface area contributed by atoms with Crippen LogP contribution in [0.3, 0.4) is 0 Å². The third kappa shape index (κ3) is 4.87. The molecule has 4 heteroatoms. The Labute approximate surface area is 133 Å². The van der Waals surface area contributed by atoms with Crippen LogP contribution in [0.15, 0.2) is 18.2 Å². The standard InChI is InChI=1S/C17H27ClN2O/c1-17(2,3)19-10-13-5-6-14(18)9-16(13)20(4)11-12-7-15(21)8-12/h5-6,9,12,15,19,21H,7-8,10-11H2,1-4H3. The summed E-state index contributed by atoms with van der Waals surface area (Å²) in [6, 6.07) is 6.09. The van der Waals surface area contributed by atoms with Gasteiger partial charge in [0.2, 0.25) is 0 Å². The van der Waals surface area contributed by atoms with Gasteiger partial charge in [-0.1, -0.05) is 17.7 Å². The molecule has 3 nitrogen and oxygen atoms in total. The normalized spacial score (nSPS) is 22.0. The van der Waals surface area contributed by atoms with Gasteiger partial charge in [0.15, 0.2) is 0 Å². The zero-order valence-corrected chi connectivity index (χ0v) is 14.2. The molecule has 2 rings (SSSR count). The van der Waals surface area contributed by atoms with Crippen LogP contribution in [0.1, 0.15) is 39.2 Å². The second kappa shape index (κ2) is 6.55. The highest BCUT2D eigenvalue weighted by molar-refractivity contribution is 6.30. The molecule has 1 aromatic rings. The number of halogens is 1. The van der Waals surface area contributed by atoms with Gasteiger partial charge in [-0.3, -0.25) is 0 Å². The Bertz CT molecular complexity index is 478. The SMILES string of the molecule is CN(CC1CC(O)C1)c1cc(Cl)ccc1CNC(C)(C)C. The summed E-state index contributed by atoms with van der Waals surface area (Å²) in [4.78, 5) is 2.27. The Morgan fingerprint density at radius 3 is 2.57 bits per heavy atom. The van der Waals surface area contributed by atoms with E-state index in [2.05, 4.69) is 44.1 Å². The summed E-state index contributed by atoms with van der Waals surface area (Å²) >= 11 is 6.17. The topological polar surface area (TPSA) is 35.5 Å².